The van der Waals surface area contributed by atoms with E-state index in [4.69, 9.17) is 14.7 Å². The maximum atomic E-state index is 5.68. The predicted molar refractivity (Wildman–Crippen MR) is 111 cm³/mol. The highest BCUT2D eigenvalue weighted by atomic mass is 16.5. The van der Waals surface area contributed by atoms with Crippen LogP contribution in [0.25, 0.3) is 28.1 Å². The maximum absolute atomic E-state index is 5.68. The zero-order valence-corrected chi connectivity index (χ0v) is 17.0. The second-order valence-electron chi connectivity index (χ2n) is 7.14. The van der Waals surface area contributed by atoms with Crippen LogP contribution in [0.2, 0.25) is 0 Å². The van der Waals surface area contributed by atoms with E-state index in [9.17, 15) is 0 Å². The molecule has 0 bridgehead atoms. The molecule has 0 N–H and O–H groups in total. The van der Waals surface area contributed by atoms with E-state index in [0.29, 0.717) is 6.04 Å². The molecule has 4 rings (SSSR count). The van der Waals surface area contributed by atoms with E-state index in [1.165, 1.54) is 0 Å². The number of aromatic nitrogens is 5. The molecule has 6 nitrogen and oxygen atoms in total. The zero-order valence-electron chi connectivity index (χ0n) is 17.0. The number of rotatable bonds is 5. The summed E-state index contributed by atoms with van der Waals surface area (Å²) >= 11 is 0. The van der Waals surface area contributed by atoms with Crippen LogP contribution >= 0.6 is 0 Å². The fourth-order valence-electron chi connectivity index (χ4n) is 3.51. The van der Waals surface area contributed by atoms with Gasteiger partial charge in [-0.3, -0.25) is 0 Å². The molecule has 0 amide bonds. The molecular formula is C22H25N5O. The molecule has 144 valence electrons. The second-order valence-corrected chi connectivity index (χ2v) is 7.14. The van der Waals surface area contributed by atoms with Crippen molar-refractivity contribution in [3.05, 3.63) is 54.1 Å². The molecular weight excluding hydrogens is 350 g/mol. The van der Waals surface area contributed by atoms with Crippen LogP contribution in [0.1, 0.15) is 37.6 Å². The Morgan fingerprint density at radius 2 is 2.00 bits per heavy atom. The van der Waals surface area contributed by atoms with Gasteiger partial charge in [-0.2, -0.15) is 5.10 Å². The van der Waals surface area contributed by atoms with Crippen LogP contribution in [0.3, 0.4) is 0 Å². The molecule has 0 radical (unpaired) electrons. The van der Waals surface area contributed by atoms with Crippen LogP contribution in [0.15, 0.2) is 42.9 Å². The Bertz CT molecular complexity index is 1130. The van der Waals surface area contributed by atoms with Crippen LogP contribution in [-0.4, -0.2) is 31.4 Å². The first kappa shape index (κ1) is 18.2. The van der Waals surface area contributed by atoms with E-state index in [1.54, 1.807) is 13.3 Å². The number of ether oxygens (including phenoxy) is 1. The van der Waals surface area contributed by atoms with Crippen molar-refractivity contribution in [3.8, 4) is 22.7 Å². The molecule has 3 aromatic heterocycles. The summed E-state index contributed by atoms with van der Waals surface area (Å²) < 4.78 is 9.72. The van der Waals surface area contributed by atoms with Crippen molar-refractivity contribution in [1.82, 2.24) is 24.3 Å². The molecule has 6 heteroatoms. The quantitative estimate of drug-likeness (QED) is 0.499. The van der Waals surface area contributed by atoms with Crippen molar-refractivity contribution in [1.29, 1.82) is 0 Å². The molecule has 0 aliphatic carbocycles. The first-order valence-corrected chi connectivity index (χ1v) is 9.57. The van der Waals surface area contributed by atoms with Crippen LogP contribution < -0.4 is 4.74 Å². The third-order valence-corrected chi connectivity index (χ3v) is 5.28. The minimum absolute atomic E-state index is 0.388. The van der Waals surface area contributed by atoms with Crippen LogP contribution in [0.5, 0.6) is 5.75 Å². The molecule has 4 aromatic rings. The van der Waals surface area contributed by atoms with Gasteiger partial charge in [-0.15, -0.1) is 0 Å². The summed E-state index contributed by atoms with van der Waals surface area (Å²) in [5, 5.41) is 4.29. The van der Waals surface area contributed by atoms with Crippen molar-refractivity contribution >= 4 is 11.2 Å². The summed E-state index contributed by atoms with van der Waals surface area (Å²) in [4.78, 5) is 9.91. The third kappa shape index (κ3) is 2.95. The summed E-state index contributed by atoms with van der Waals surface area (Å²) in [5.74, 6) is 0.753. The third-order valence-electron chi connectivity index (χ3n) is 5.28. The summed E-state index contributed by atoms with van der Waals surface area (Å²) in [7, 11) is 1.68. The molecule has 0 spiro atoms. The van der Waals surface area contributed by atoms with Gasteiger partial charge in [0.25, 0.3) is 0 Å². The second kappa shape index (κ2) is 7.11. The van der Waals surface area contributed by atoms with Crippen molar-refractivity contribution in [2.45, 2.75) is 40.2 Å². The Kier molecular flexibility index (Phi) is 4.63. The maximum Gasteiger partial charge on any atom is 0.159 e. The summed E-state index contributed by atoms with van der Waals surface area (Å²) in [5.41, 5.74) is 6.63. The van der Waals surface area contributed by atoms with Gasteiger partial charge in [0.05, 0.1) is 24.2 Å². The van der Waals surface area contributed by atoms with Crippen molar-refractivity contribution in [2.75, 3.05) is 7.11 Å². The van der Waals surface area contributed by atoms with E-state index in [-0.39, 0.29) is 0 Å². The van der Waals surface area contributed by atoms with Crippen molar-refractivity contribution in [3.63, 3.8) is 0 Å². The van der Waals surface area contributed by atoms with Gasteiger partial charge in [-0.1, -0.05) is 6.92 Å². The van der Waals surface area contributed by atoms with Gasteiger partial charge in [-0.05, 0) is 51.0 Å². The first-order valence-electron chi connectivity index (χ1n) is 9.57. The molecule has 1 atom stereocenters. The number of hydrogen-bond donors (Lipinski definition) is 0. The number of methoxy groups -OCH3 is 1. The zero-order chi connectivity index (χ0) is 19.8. The van der Waals surface area contributed by atoms with Crippen molar-refractivity contribution in [2.24, 2.45) is 0 Å². The van der Waals surface area contributed by atoms with Gasteiger partial charge < -0.3 is 9.30 Å². The summed E-state index contributed by atoms with van der Waals surface area (Å²) in [6, 6.07) is 8.31. The first-order chi connectivity index (χ1) is 13.5. The van der Waals surface area contributed by atoms with Crippen LogP contribution in [0.4, 0.5) is 0 Å². The van der Waals surface area contributed by atoms with Crippen molar-refractivity contribution < 1.29 is 4.74 Å². The number of aryl methyl sites for hydroxylation is 2. The van der Waals surface area contributed by atoms with E-state index in [2.05, 4.69) is 36.6 Å². The fourth-order valence-corrected chi connectivity index (χ4v) is 3.51. The lowest BCUT2D eigenvalue weighted by Crippen LogP contribution is -2.05. The smallest absolute Gasteiger partial charge is 0.159 e. The van der Waals surface area contributed by atoms with Gasteiger partial charge in [0.2, 0.25) is 0 Å². The number of hydrogen-bond acceptors (Lipinski definition) is 4. The lowest BCUT2D eigenvalue weighted by molar-refractivity contribution is 0.416. The monoisotopic (exact) mass is 375 g/mol. The number of nitrogens with zero attached hydrogens (tertiary/aromatic N) is 5. The Hall–Kier alpha value is -3.15. The van der Waals surface area contributed by atoms with Gasteiger partial charge in [0.1, 0.15) is 11.3 Å². The molecule has 0 fully saturated rings. The van der Waals surface area contributed by atoms with Crippen LogP contribution in [-0.2, 0) is 0 Å². The highest BCUT2D eigenvalue weighted by molar-refractivity contribution is 5.81. The van der Waals surface area contributed by atoms with Gasteiger partial charge in [0, 0.05) is 36.3 Å². The molecule has 0 saturated heterocycles. The highest BCUT2D eigenvalue weighted by Gasteiger charge is 2.18. The largest absolute Gasteiger partial charge is 0.496 e. The highest BCUT2D eigenvalue weighted by Crippen LogP contribution is 2.34. The van der Waals surface area contributed by atoms with Gasteiger partial charge in [0.15, 0.2) is 5.65 Å². The SMILES string of the molecule is CC[C@H](C)n1cc(C)c2nc(-c3ccc(-n4cccn4)cc3OC)c(C)nc21. The summed E-state index contributed by atoms with van der Waals surface area (Å²) in [6.45, 7) is 8.49. The normalized spacial score (nSPS) is 12.5. The Morgan fingerprint density at radius 3 is 2.68 bits per heavy atom. The van der Waals surface area contributed by atoms with E-state index in [1.807, 2.05) is 42.1 Å². The minimum atomic E-state index is 0.388. The van der Waals surface area contributed by atoms with E-state index in [0.717, 1.165) is 51.5 Å². The topological polar surface area (TPSA) is 57.8 Å². The molecule has 1 aromatic carbocycles. The molecule has 0 aliphatic heterocycles. The molecule has 0 saturated carbocycles. The van der Waals surface area contributed by atoms with Gasteiger partial charge >= 0.3 is 0 Å². The molecule has 0 aliphatic rings. The average molecular weight is 375 g/mol. The fraction of sp³-hybridized carbons (Fsp3) is 0.318. The summed E-state index contributed by atoms with van der Waals surface area (Å²) in [6.07, 6.45) is 6.87. The lowest BCUT2D eigenvalue weighted by Gasteiger charge is -2.14. The molecule has 0 unspecified atom stereocenters. The van der Waals surface area contributed by atoms with E-state index < -0.39 is 0 Å². The van der Waals surface area contributed by atoms with E-state index >= 15 is 0 Å². The average Bonchev–Trinajstić information content (AvgIpc) is 3.35. The Labute approximate surface area is 164 Å². The predicted octanol–water partition coefficient (Wildman–Crippen LogP) is 4.88. The minimum Gasteiger partial charge on any atom is -0.496 e. The molecule has 3 heterocycles. The Morgan fingerprint density at radius 1 is 1.18 bits per heavy atom. The number of fused-ring (bicyclic) bond motifs is 1. The lowest BCUT2D eigenvalue weighted by atomic mass is 10.1. The van der Waals surface area contributed by atoms with Crippen LogP contribution in [0, 0.1) is 13.8 Å². The standard InChI is InChI=1S/C22H25N5O/c1-6-15(3)26-13-14(2)20-22(26)24-16(4)21(25-20)18-9-8-17(12-19(18)28-5)27-11-7-10-23-27/h7-13,15H,6H2,1-5H3/t15-/m0/s1. The number of benzene rings is 1. The Balaban J connectivity index is 1.87. The molecule has 28 heavy (non-hydrogen) atoms. The van der Waals surface area contributed by atoms with Gasteiger partial charge in [-0.25, -0.2) is 14.6 Å².